The normalized spacial score (nSPS) is 15.8. The molecule has 1 aliphatic rings. The first kappa shape index (κ1) is 16.6. The molecule has 1 N–H and O–H groups in total. The van der Waals surface area contributed by atoms with Crippen LogP contribution < -0.4 is 14.8 Å². The van der Waals surface area contributed by atoms with Crippen LogP contribution in [0.3, 0.4) is 0 Å². The predicted molar refractivity (Wildman–Crippen MR) is 101 cm³/mol. The van der Waals surface area contributed by atoms with Crippen molar-refractivity contribution in [3.05, 3.63) is 89.7 Å². The van der Waals surface area contributed by atoms with Gasteiger partial charge in [0.25, 0.3) is 0 Å². The van der Waals surface area contributed by atoms with E-state index in [9.17, 15) is 0 Å². The third-order valence-electron chi connectivity index (χ3n) is 4.55. The summed E-state index contributed by atoms with van der Waals surface area (Å²) >= 11 is 0. The largest absolute Gasteiger partial charge is 0.493 e. The summed E-state index contributed by atoms with van der Waals surface area (Å²) in [5, 5.41) is 3.64. The van der Waals surface area contributed by atoms with Crippen LogP contribution in [-0.4, -0.2) is 11.6 Å². The molecular formula is C22H22N2O2. The minimum atomic E-state index is 0.333. The number of nitrogens with one attached hydrogen (secondary N) is 1. The van der Waals surface area contributed by atoms with Crippen LogP contribution in [0.4, 0.5) is 0 Å². The second-order valence-corrected chi connectivity index (χ2v) is 6.36. The van der Waals surface area contributed by atoms with E-state index in [0.29, 0.717) is 12.6 Å². The summed E-state index contributed by atoms with van der Waals surface area (Å²) in [5.41, 5.74) is 3.41. The zero-order chi connectivity index (χ0) is 17.6. The number of pyridine rings is 1. The van der Waals surface area contributed by atoms with E-state index in [2.05, 4.69) is 34.6 Å². The van der Waals surface area contributed by atoms with Crippen molar-refractivity contribution in [2.45, 2.75) is 25.6 Å². The van der Waals surface area contributed by atoms with Gasteiger partial charge in [-0.25, -0.2) is 0 Å². The summed E-state index contributed by atoms with van der Waals surface area (Å²) in [6, 6.07) is 22.7. The molecule has 4 rings (SSSR count). The Labute approximate surface area is 153 Å². The van der Waals surface area contributed by atoms with E-state index in [1.807, 2.05) is 42.5 Å². The fraction of sp³-hybridized carbons (Fsp3) is 0.227. The van der Waals surface area contributed by atoms with Crippen molar-refractivity contribution in [1.82, 2.24) is 10.3 Å². The van der Waals surface area contributed by atoms with Crippen LogP contribution in [0.5, 0.6) is 11.5 Å². The maximum Gasteiger partial charge on any atom is 0.130 e. The van der Waals surface area contributed by atoms with E-state index in [0.717, 1.165) is 36.8 Å². The minimum Gasteiger partial charge on any atom is -0.493 e. The van der Waals surface area contributed by atoms with Gasteiger partial charge in [0.05, 0.1) is 12.3 Å². The van der Waals surface area contributed by atoms with E-state index < -0.39 is 0 Å². The number of nitrogens with zero attached hydrogens (tertiary/aromatic N) is 1. The summed E-state index contributed by atoms with van der Waals surface area (Å²) < 4.78 is 11.5. The van der Waals surface area contributed by atoms with Crippen molar-refractivity contribution in [2.75, 3.05) is 6.61 Å². The number of hydrogen-bond donors (Lipinski definition) is 1. The van der Waals surface area contributed by atoms with Crippen LogP contribution in [0.1, 0.15) is 29.3 Å². The second kappa shape index (κ2) is 8.02. The van der Waals surface area contributed by atoms with Crippen LogP contribution in [0.25, 0.3) is 0 Å². The lowest BCUT2D eigenvalue weighted by molar-refractivity contribution is 0.252. The Bertz CT molecular complexity index is 834. The maximum absolute atomic E-state index is 5.79. The third kappa shape index (κ3) is 4.03. The topological polar surface area (TPSA) is 43.4 Å². The molecule has 0 aliphatic carbocycles. The molecule has 4 heteroatoms. The SMILES string of the molecule is c1ccc(COc2ccc(CN[C@@H]3CCOc4ccccc43)cc2)nc1. The van der Waals surface area contributed by atoms with Gasteiger partial charge in [0.2, 0.25) is 0 Å². The standard InChI is InChI=1S/C22H22N2O2/c1-2-7-22-20(6-1)21(12-14-25-22)24-15-17-8-10-19(11-9-17)26-16-18-5-3-4-13-23-18/h1-11,13,21,24H,12,14-16H2/t21-/m1/s1. The van der Waals surface area contributed by atoms with Crippen molar-refractivity contribution in [1.29, 1.82) is 0 Å². The van der Waals surface area contributed by atoms with Gasteiger partial charge in [-0.1, -0.05) is 36.4 Å². The van der Waals surface area contributed by atoms with Crippen molar-refractivity contribution < 1.29 is 9.47 Å². The summed E-state index contributed by atoms with van der Waals surface area (Å²) in [6.07, 6.45) is 2.77. The number of rotatable bonds is 6. The van der Waals surface area contributed by atoms with Gasteiger partial charge in [-0.05, 0) is 35.9 Å². The number of fused-ring (bicyclic) bond motifs is 1. The van der Waals surface area contributed by atoms with Gasteiger partial charge in [-0.3, -0.25) is 4.98 Å². The summed E-state index contributed by atoms with van der Waals surface area (Å²) in [4.78, 5) is 4.27. The molecule has 0 amide bonds. The molecule has 4 nitrogen and oxygen atoms in total. The van der Waals surface area contributed by atoms with E-state index >= 15 is 0 Å². The van der Waals surface area contributed by atoms with Gasteiger partial charge in [0, 0.05) is 30.8 Å². The highest BCUT2D eigenvalue weighted by molar-refractivity contribution is 5.37. The minimum absolute atomic E-state index is 0.333. The van der Waals surface area contributed by atoms with E-state index in [-0.39, 0.29) is 0 Å². The average molecular weight is 346 g/mol. The zero-order valence-electron chi connectivity index (χ0n) is 14.6. The Morgan fingerprint density at radius 2 is 1.85 bits per heavy atom. The van der Waals surface area contributed by atoms with Crippen LogP contribution in [0.2, 0.25) is 0 Å². The van der Waals surface area contributed by atoms with Crippen molar-refractivity contribution >= 4 is 0 Å². The highest BCUT2D eigenvalue weighted by Gasteiger charge is 2.20. The van der Waals surface area contributed by atoms with E-state index in [1.54, 1.807) is 6.20 Å². The second-order valence-electron chi connectivity index (χ2n) is 6.36. The fourth-order valence-corrected chi connectivity index (χ4v) is 3.14. The Morgan fingerprint density at radius 3 is 2.69 bits per heavy atom. The molecule has 132 valence electrons. The number of aromatic nitrogens is 1. The fourth-order valence-electron chi connectivity index (χ4n) is 3.14. The lowest BCUT2D eigenvalue weighted by atomic mass is 10.0. The van der Waals surface area contributed by atoms with Gasteiger partial charge < -0.3 is 14.8 Å². The van der Waals surface area contributed by atoms with Gasteiger partial charge in [-0.2, -0.15) is 0 Å². The molecule has 0 saturated carbocycles. The highest BCUT2D eigenvalue weighted by Crippen LogP contribution is 2.31. The number of ether oxygens (including phenoxy) is 2. The Morgan fingerprint density at radius 1 is 1.00 bits per heavy atom. The van der Waals surface area contributed by atoms with E-state index in [4.69, 9.17) is 9.47 Å². The predicted octanol–water partition coefficient (Wildman–Crippen LogP) is 4.27. The first-order valence-corrected chi connectivity index (χ1v) is 8.95. The molecule has 0 saturated heterocycles. The molecule has 1 aromatic heterocycles. The number of hydrogen-bond acceptors (Lipinski definition) is 4. The highest BCUT2D eigenvalue weighted by atomic mass is 16.5. The monoisotopic (exact) mass is 346 g/mol. The summed E-state index contributed by atoms with van der Waals surface area (Å²) in [6.45, 7) is 2.06. The third-order valence-corrected chi connectivity index (χ3v) is 4.55. The lowest BCUT2D eigenvalue weighted by Gasteiger charge is -2.26. The molecule has 0 bridgehead atoms. The van der Waals surface area contributed by atoms with Gasteiger partial charge in [0.1, 0.15) is 18.1 Å². The Balaban J connectivity index is 1.32. The molecule has 0 spiro atoms. The maximum atomic E-state index is 5.79. The molecule has 0 fully saturated rings. The summed E-state index contributed by atoms with van der Waals surface area (Å²) in [5.74, 6) is 1.85. The van der Waals surface area contributed by atoms with Gasteiger partial charge in [-0.15, -0.1) is 0 Å². The van der Waals surface area contributed by atoms with Crippen LogP contribution >= 0.6 is 0 Å². The Kier molecular flexibility index (Phi) is 5.12. The van der Waals surface area contributed by atoms with Crippen molar-refractivity contribution in [3.8, 4) is 11.5 Å². The number of benzene rings is 2. The first-order valence-electron chi connectivity index (χ1n) is 8.95. The molecule has 2 heterocycles. The molecule has 1 atom stereocenters. The van der Waals surface area contributed by atoms with Gasteiger partial charge >= 0.3 is 0 Å². The average Bonchev–Trinajstić information content (AvgIpc) is 2.72. The molecule has 26 heavy (non-hydrogen) atoms. The molecule has 2 aromatic carbocycles. The van der Waals surface area contributed by atoms with Crippen molar-refractivity contribution in [2.24, 2.45) is 0 Å². The quantitative estimate of drug-likeness (QED) is 0.724. The lowest BCUT2D eigenvalue weighted by Crippen LogP contribution is -2.26. The molecule has 0 radical (unpaired) electrons. The van der Waals surface area contributed by atoms with E-state index in [1.165, 1.54) is 11.1 Å². The zero-order valence-corrected chi connectivity index (χ0v) is 14.6. The van der Waals surface area contributed by atoms with Crippen LogP contribution in [0, 0.1) is 0 Å². The molecule has 1 aliphatic heterocycles. The van der Waals surface area contributed by atoms with Gasteiger partial charge in [0.15, 0.2) is 0 Å². The Hall–Kier alpha value is -2.85. The molecular weight excluding hydrogens is 324 g/mol. The number of para-hydroxylation sites is 1. The molecule has 3 aromatic rings. The first-order chi connectivity index (χ1) is 12.9. The van der Waals surface area contributed by atoms with Crippen molar-refractivity contribution in [3.63, 3.8) is 0 Å². The smallest absolute Gasteiger partial charge is 0.130 e. The molecule has 0 unspecified atom stereocenters. The van der Waals surface area contributed by atoms with Crippen LogP contribution in [0.15, 0.2) is 72.9 Å². The van der Waals surface area contributed by atoms with Crippen LogP contribution in [-0.2, 0) is 13.2 Å². The summed E-state index contributed by atoms with van der Waals surface area (Å²) in [7, 11) is 0.